The van der Waals surface area contributed by atoms with E-state index in [0.717, 1.165) is 22.4 Å². The molecule has 1 aliphatic heterocycles. The van der Waals surface area contributed by atoms with Crippen molar-refractivity contribution in [2.45, 2.75) is 52.7 Å². The van der Waals surface area contributed by atoms with Crippen LogP contribution in [0.25, 0.3) is 0 Å². The van der Waals surface area contributed by atoms with Gasteiger partial charge in [-0.1, -0.05) is 19.1 Å². The van der Waals surface area contributed by atoms with Crippen LogP contribution >= 0.6 is 0 Å². The van der Waals surface area contributed by atoms with Crippen molar-refractivity contribution in [2.75, 3.05) is 19.7 Å². The number of aliphatic hydroxyl groups excluding tert-OH is 1. The standard InChI is InChI=1S/C19H28N2O4/c1-5-15(4)20-9-8-18(23)21(19(20)24)11-16(22)12-25-17-10-13(2)6-7-14(17)3/h6-7,10,15-16,22H,5,8-9,11-12H2,1-4H3/t15-,16-/m0/s1. The SMILES string of the molecule is CC[C@H](C)N1CCC(=O)N(C[C@H](O)COc2cc(C)ccc2C)C1=O. The zero-order valence-electron chi connectivity index (χ0n) is 15.5. The average molecular weight is 348 g/mol. The second-order valence-electron chi connectivity index (χ2n) is 6.72. The van der Waals surface area contributed by atoms with E-state index in [1.807, 2.05) is 45.9 Å². The van der Waals surface area contributed by atoms with Crippen molar-refractivity contribution in [2.24, 2.45) is 0 Å². The highest BCUT2D eigenvalue weighted by atomic mass is 16.5. The van der Waals surface area contributed by atoms with Crippen molar-refractivity contribution in [1.29, 1.82) is 0 Å². The minimum absolute atomic E-state index is 0.0324. The van der Waals surface area contributed by atoms with Gasteiger partial charge < -0.3 is 14.7 Å². The lowest BCUT2D eigenvalue weighted by molar-refractivity contribution is -0.132. The van der Waals surface area contributed by atoms with E-state index in [0.29, 0.717) is 18.7 Å². The number of amides is 3. The number of aryl methyl sites for hydroxylation is 2. The van der Waals surface area contributed by atoms with Crippen LogP contribution in [0, 0.1) is 13.8 Å². The van der Waals surface area contributed by atoms with E-state index >= 15 is 0 Å². The van der Waals surface area contributed by atoms with Crippen molar-refractivity contribution < 1.29 is 19.4 Å². The van der Waals surface area contributed by atoms with Gasteiger partial charge in [0, 0.05) is 19.0 Å². The summed E-state index contributed by atoms with van der Waals surface area (Å²) >= 11 is 0. The van der Waals surface area contributed by atoms with Crippen LogP contribution in [0.5, 0.6) is 5.75 Å². The fraction of sp³-hybridized carbons (Fsp3) is 0.579. The van der Waals surface area contributed by atoms with Gasteiger partial charge >= 0.3 is 6.03 Å². The molecule has 2 atom stereocenters. The van der Waals surface area contributed by atoms with Crippen LogP contribution in [-0.4, -0.2) is 58.7 Å². The lowest BCUT2D eigenvalue weighted by atomic mass is 10.1. The van der Waals surface area contributed by atoms with E-state index in [4.69, 9.17) is 4.74 Å². The number of carbonyl (C=O) groups excluding carboxylic acids is 2. The van der Waals surface area contributed by atoms with Crippen LogP contribution in [0.2, 0.25) is 0 Å². The molecular weight excluding hydrogens is 320 g/mol. The first kappa shape index (κ1) is 19.2. The Morgan fingerprint density at radius 1 is 1.28 bits per heavy atom. The van der Waals surface area contributed by atoms with Gasteiger partial charge in [0.1, 0.15) is 18.5 Å². The van der Waals surface area contributed by atoms with E-state index in [-0.39, 0.29) is 31.1 Å². The van der Waals surface area contributed by atoms with E-state index in [9.17, 15) is 14.7 Å². The molecule has 6 nitrogen and oxygen atoms in total. The molecule has 0 saturated carbocycles. The summed E-state index contributed by atoms with van der Waals surface area (Å²) in [5.74, 6) is 0.465. The average Bonchev–Trinajstić information content (AvgIpc) is 2.58. The van der Waals surface area contributed by atoms with Gasteiger partial charge in [-0.2, -0.15) is 0 Å². The third-order valence-electron chi connectivity index (χ3n) is 4.64. The van der Waals surface area contributed by atoms with Gasteiger partial charge in [-0.3, -0.25) is 9.69 Å². The Balaban J connectivity index is 1.96. The first-order chi connectivity index (χ1) is 11.8. The summed E-state index contributed by atoms with van der Waals surface area (Å²) in [7, 11) is 0. The van der Waals surface area contributed by atoms with Crippen LogP contribution in [0.4, 0.5) is 4.79 Å². The first-order valence-electron chi connectivity index (χ1n) is 8.82. The van der Waals surface area contributed by atoms with E-state index in [1.54, 1.807) is 4.90 Å². The van der Waals surface area contributed by atoms with Gasteiger partial charge in [-0.25, -0.2) is 4.79 Å². The highest BCUT2D eigenvalue weighted by Gasteiger charge is 2.35. The van der Waals surface area contributed by atoms with Crippen molar-refractivity contribution in [3.8, 4) is 5.75 Å². The number of imide groups is 1. The molecule has 0 unspecified atom stereocenters. The minimum atomic E-state index is -0.926. The van der Waals surface area contributed by atoms with Crippen LogP contribution in [0.3, 0.4) is 0 Å². The number of β-amino-alcohol motifs (C(OH)–C–C–N with tert-alkyl or cyclic N) is 1. The summed E-state index contributed by atoms with van der Waals surface area (Å²) in [6.45, 7) is 8.30. The highest BCUT2D eigenvalue weighted by Crippen LogP contribution is 2.20. The third kappa shape index (κ3) is 4.72. The summed E-state index contributed by atoms with van der Waals surface area (Å²) in [4.78, 5) is 27.5. The highest BCUT2D eigenvalue weighted by molar-refractivity contribution is 5.97. The largest absolute Gasteiger partial charge is 0.491 e. The Labute approximate surface area is 149 Å². The van der Waals surface area contributed by atoms with Crippen molar-refractivity contribution >= 4 is 11.9 Å². The normalized spacial score (nSPS) is 17.6. The molecule has 0 radical (unpaired) electrons. The van der Waals surface area contributed by atoms with Crippen LogP contribution in [0.1, 0.15) is 37.8 Å². The Morgan fingerprint density at radius 3 is 2.68 bits per heavy atom. The maximum atomic E-state index is 12.5. The molecule has 1 saturated heterocycles. The minimum Gasteiger partial charge on any atom is -0.491 e. The molecule has 1 aliphatic rings. The molecule has 0 aromatic heterocycles. The Morgan fingerprint density at radius 2 is 2.00 bits per heavy atom. The number of hydrogen-bond acceptors (Lipinski definition) is 4. The fourth-order valence-corrected chi connectivity index (χ4v) is 2.83. The smallest absolute Gasteiger partial charge is 0.327 e. The lowest BCUT2D eigenvalue weighted by Gasteiger charge is -2.38. The molecule has 1 aromatic rings. The number of hydrogen-bond donors (Lipinski definition) is 1. The van der Waals surface area contributed by atoms with Gasteiger partial charge in [0.2, 0.25) is 5.91 Å². The zero-order chi connectivity index (χ0) is 18.6. The fourth-order valence-electron chi connectivity index (χ4n) is 2.83. The number of nitrogens with zero attached hydrogens (tertiary/aromatic N) is 2. The monoisotopic (exact) mass is 348 g/mol. The Kier molecular flexibility index (Phi) is 6.42. The topological polar surface area (TPSA) is 70.1 Å². The van der Waals surface area contributed by atoms with Gasteiger partial charge in [-0.05, 0) is 44.4 Å². The van der Waals surface area contributed by atoms with Crippen LogP contribution in [0.15, 0.2) is 18.2 Å². The number of urea groups is 1. The molecule has 2 rings (SSSR count). The molecular formula is C19H28N2O4. The molecule has 1 N–H and O–H groups in total. The summed E-state index contributed by atoms with van der Waals surface area (Å²) in [5, 5.41) is 10.3. The van der Waals surface area contributed by atoms with Crippen LogP contribution in [-0.2, 0) is 4.79 Å². The molecule has 1 fully saturated rings. The predicted octanol–water partition coefficient (Wildman–Crippen LogP) is 2.50. The van der Waals surface area contributed by atoms with Crippen molar-refractivity contribution in [3.05, 3.63) is 29.3 Å². The number of carbonyl (C=O) groups is 2. The quantitative estimate of drug-likeness (QED) is 0.822. The van der Waals surface area contributed by atoms with Gasteiger partial charge in [0.25, 0.3) is 0 Å². The molecule has 3 amide bonds. The van der Waals surface area contributed by atoms with Crippen molar-refractivity contribution in [3.63, 3.8) is 0 Å². The molecule has 6 heteroatoms. The number of ether oxygens (including phenoxy) is 1. The summed E-state index contributed by atoms with van der Waals surface area (Å²) in [6.07, 6.45) is 0.192. The summed E-state index contributed by atoms with van der Waals surface area (Å²) in [5.41, 5.74) is 2.05. The molecule has 138 valence electrons. The van der Waals surface area contributed by atoms with Crippen LogP contribution < -0.4 is 4.74 Å². The predicted molar refractivity (Wildman–Crippen MR) is 95.6 cm³/mol. The van der Waals surface area contributed by atoms with Crippen molar-refractivity contribution in [1.82, 2.24) is 9.80 Å². The summed E-state index contributed by atoms with van der Waals surface area (Å²) < 4.78 is 5.67. The number of aliphatic hydroxyl groups is 1. The Hall–Kier alpha value is -2.08. The third-order valence-corrected chi connectivity index (χ3v) is 4.64. The van der Waals surface area contributed by atoms with E-state index in [1.165, 1.54) is 0 Å². The van der Waals surface area contributed by atoms with Gasteiger partial charge in [-0.15, -0.1) is 0 Å². The van der Waals surface area contributed by atoms with Gasteiger partial charge in [0.15, 0.2) is 0 Å². The molecule has 0 aliphatic carbocycles. The summed E-state index contributed by atoms with van der Waals surface area (Å²) in [6, 6.07) is 5.61. The maximum absolute atomic E-state index is 12.5. The molecule has 0 spiro atoms. The molecule has 25 heavy (non-hydrogen) atoms. The van der Waals surface area contributed by atoms with E-state index < -0.39 is 6.10 Å². The first-order valence-corrected chi connectivity index (χ1v) is 8.82. The lowest BCUT2D eigenvalue weighted by Crippen LogP contribution is -2.56. The van der Waals surface area contributed by atoms with Gasteiger partial charge in [0.05, 0.1) is 6.54 Å². The second-order valence-corrected chi connectivity index (χ2v) is 6.72. The zero-order valence-corrected chi connectivity index (χ0v) is 15.5. The number of rotatable bonds is 7. The molecule has 0 bridgehead atoms. The number of benzene rings is 1. The maximum Gasteiger partial charge on any atom is 0.327 e. The molecule has 1 heterocycles. The Bertz CT molecular complexity index is 632. The second kappa shape index (κ2) is 8.34. The molecule has 1 aromatic carbocycles. The van der Waals surface area contributed by atoms with E-state index in [2.05, 4.69) is 0 Å².